The van der Waals surface area contributed by atoms with Crippen LogP contribution >= 0.6 is 0 Å². The molecule has 4 atom stereocenters. The first kappa shape index (κ1) is 19.8. The lowest BCUT2D eigenvalue weighted by Crippen LogP contribution is -2.31. The van der Waals surface area contributed by atoms with E-state index in [0.29, 0.717) is 35.1 Å². The number of benzene rings is 1. The van der Waals surface area contributed by atoms with Crippen LogP contribution in [0, 0.1) is 11.8 Å². The number of hydrogen-bond donors (Lipinski definition) is 4. The van der Waals surface area contributed by atoms with Gasteiger partial charge in [-0.15, -0.1) is 0 Å². The van der Waals surface area contributed by atoms with Gasteiger partial charge in [0.2, 0.25) is 5.91 Å². The van der Waals surface area contributed by atoms with Gasteiger partial charge in [-0.05, 0) is 24.6 Å². The third-order valence-electron chi connectivity index (χ3n) is 4.93. The fourth-order valence-corrected chi connectivity index (χ4v) is 3.38. The summed E-state index contributed by atoms with van der Waals surface area (Å²) in [6.45, 7) is 0. The van der Waals surface area contributed by atoms with Gasteiger partial charge in [0.15, 0.2) is 17.7 Å². The van der Waals surface area contributed by atoms with E-state index in [0.717, 1.165) is 0 Å². The minimum absolute atomic E-state index is 0.221. The molecule has 0 bridgehead atoms. The number of amides is 1. The highest BCUT2D eigenvalue weighted by Gasteiger charge is 2.43. The Morgan fingerprint density at radius 2 is 2.07 bits per heavy atom. The van der Waals surface area contributed by atoms with E-state index in [1.165, 1.54) is 17.2 Å². The van der Waals surface area contributed by atoms with E-state index >= 15 is 0 Å². The number of imidazole rings is 1. The van der Waals surface area contributed by atoms with Crippen LogP contribution in [-0.2, 0) is 4.74 Å². The molecule has 10 heteroatoms. The number of nitrogen functional groups attached to an aromatic ring is 1. The summed E-state index contributed by atoms with van der Waals surface area (Å²) in [7, 11) is 0. The Morgan fingerprint density at radius 3 is 2.87 bits per heavy atom. The number of aliphatic hydroxyl groups excluding tert-OH is 2. The van der Waals surface area contributed by atoms with Crippen LogP contribution in [-0.4, -0.2) is 54.0 Å². The maximum atomic E-state index is 11.2. The summed E-state index contributed by atoms with van der Waals surface area (Å²) in [5, 5.41) is 20.9. The minimum atomic E-state index is -1.16. The molecule has 3 aromatic rings. The molecule has 2 aromatic heterocycles. The van der Waals surface area contributed by atoms with Crippen molar-refractivity contribution >= 4 is 22.9 Å². The quantitative estimate of drug-likeness (QED) is 0.437. The van der Waals surface area contributed by atoms with Crippen LogP contribution in [0.15, 0.2) is 36.9 Å². The predicted octanol–water partition coefficient (Wildman–Crippen LogP) is -0.0415. The summed E-state index contributed by atoms with van der Waals surface area (Å²) in [6, 6.07) is 6.72. The second-order valence-electron chi connectivity index (χ2n) is 6.91. The molecule has 30 heavy (non-hydrogen) atoms. The number of nitrogens with zero attached hydrogens (tertiary/aromatic N) is 4. The SMILES string of the molecule is NC(=O)c1cccc(C#CCC[C@H]2O[C@@H](n3cnc4c(N)ncnc43)[C@H](O)[C@@H]2O)c1. The molecule has 4 rings (SSSR count). The van der Waals surface area contributed by atoms with Gasteiger partial charge in [-0.25, -0.2) is 15.0 Å². The summed E-state index contributed by atoms with van der Waals surface area (Å²) in [5.74, 6) is 5.65. The van der Waals surface area contributed by atoms with E-state index in [9.17, 15) is 15.0 Å². The van der Waals surface area contributed by atoms with Crippen molar-refractivity contribution < 1.29 is 19.7 Å². The highest BCUT2D eigenvalue weighted by molar-refractivity contribution is 5.93. The largest absolute Gasteiger partial charge is 0.388 e. The van der Waals surface area contributed by atoms with Crippen molar-refractivity contribution in [3.8, 4) is 11.8 Å². The Kier molecular flexibility index (Phi) is 5.33. The molecule has 0 aliphatic carbocycles. The molecule has 1 fully saturated rings. The molecule has 1 aromatic carbocycles. The standard InChI is InChI=1S/C20H20N6O4/c21-17-14-19(24-9-23-17)26(10-25-14)20-16(28)15(27)13(30-20)7-2-1-4-11-5-3-6-12(8-11)18(22)29/h3,5-6,8-10,13,15-16,20,27-28H,2,7H2,(H2,22,29)(H2,21,23,24)/t13-,15-,16-,20-/m1/s1. The van der Waals surface area contributed by atoms with E-state index in [4.69, 9.17) is 16.2 Å². The summed E-state index contributed by atoms with van der Waals surface area (Å²) in [4.78, 5) is 23.4. The molecule has 1 aliphatic rings. The maximum absolute atomic E-state index is 11.2. The van der Waals surface area contributed by atoms with E-state index < -0.39 is 30.4 Å². The zero-order valence-corrected chi connectivity index (χ0v) is 15.8. The Balaban J connectivity index is 1.44. The van der Waals surface area contributed by atoms with E-state index in [1.54, 1.807) is 24.3 Å². The molecule has 0 saturated carbocycles. The van der Waals surface area contributed by atoms with Crippen LogP contribution < -0.4 is 11.5 Å². The minimum Gasteiger partial charge on any atom is -0.388 e. The van der Waals surface area contributed by atoms with E-state index in [2.05, 4.69) is 26.8 Å². The number of fused-ring (bicyclic) bond motifs is 1. The van der Waals surface area contributed by atoms with Gasteiger partial charge in [-0.3, -0.25) is 9.36 Å². The highest BCUT2D eigenvalue weighted by atomic mass is 16.6. The van der Waals surface area contributed by atoms with Crippen molar-refractivity contribution in [2.45, 2.75) is 37.4 Å². The molecule has 1 aliphatic heterocycles. The third kappa shape index (κ3) is 3.69. The lowest BCUT2D eigenvalue weighted by Gasteiger charge is -2.16. The number of ether oxygens (including phenoxy) is 1. The molecule has 1 amide bonds. The van der Waals surface area contributed by atoms with Gasteiger partial charge in [0.1, 0.15) is 24.1 Å². The Bertz CT molecular complexity index is 1150. The number of aliphatic hydroxyl groups is 2. The predicted molar refractivity (Wildman–Crippen MR) is 107 cm³/mol. The Morgan fingerprint density at radius 1 is 1.23 bits per heavy atom. The summed E-state index contributed by atoms with van der Waals surface area (Å²) >= 11 is 0. The lowest BCUT2D eigenvalue weighted by molar-refractivity contribution is -0.0364. The normalized spacial score (nSPS) is 23.3. The van der Waals surface area contributed by atoms with Crippen LogP contribution in [0.2, 0.25) is 0 Å². The molecule has 6 N–H and O–H groups in total. The van der Waals surface area contributed by atoms with Crippen LogP contribution in [0.3, 0.4) is 0 Å². The van der Waals surface area contributed by atoms with Crippen LogP contribution in [0.1, 0.15) is 35.0 Å². The van der Waals surface area contributed by atoms with Crippen molar-refractivity contribution in [1.29, 1.82) is 0 Å². The van der Waals surface area contributed by atoms with E-state index in [-0.39, 0.29) is 5.82 Å². The fraction of sp³-hybridized carbons (Fsp3) is 0.300. The van der Waals surface area contributed by atoms with Crippen molar-refractivity contribution in [2.24, 2.45) is 5.73 Å². The first-order chi connectivity index (χ1) is 14.5. The molecule has 1 saturated heterocycles. The van der Waals surface area contributed by atoms with Gasteiger partial charge in [-0.1, -0.05) is 17.9 Å². The van der Waals surface area contributed by atoms with Crippen molar-refractivity contribution in [1.82, 2.24) is 19.5 Å². The third-order valence-corrected chi connectivity index (χ3v) is 4.93. The number of hydrogen-bond acceptors (Lipinski definition) is 8. The summed E-state index contributed by atoms with van der Waals surface area (Å²) in [5.41, 5.74) is 12.9. The van der Waals surface area contributed by atoms with Gasteiger partial charge in [-0.2, -0.15) is 0 Å². The van der Waals surface area contributed by atoms with Crippen molar-refractivity contribution in [3.63, 3.8) is 0 Å². The number of rotatable bonds is 4. The zero-order chi connectivity index (χ0) is 21.3. The lowest BCUT2D eigenvalue weighted by atomic mass is 10.1. The van der Waals surface area contributed by atoms with Crippen molar-refractivity contribution in [3.05, 3.63) is 48.0 Å². The number of aromatic nitrogens is 4. The molecule has 154 valence electrons. The Hall–Kier alpha value is -3.52. The summed E-state index contributed by atoms with van der Waals surface area (Å²) < 4.78 is 7.40. The number of carbonyl (C=O) groups is 1. The van der Waals surface area contributed by atoms with Gasteiger partial charge < -0.3 is 26.4 Å². The average molecular weight is 408 g/mol. The monoisotopic (exact) mass is 408 g/mol. The zero-order valence-electron chi connectivity index (χ0n) is 15.8. The molecule has 0 spiro atoms. The second kappa shape index (κ2) is 8.08. The topological polar surface area (TPSA) is 162 Å². The molecular formula is C20H20N6O4. The van der Waals surface area contributed by atoms with Crippen LogP contribution in [0.4, 0.5) is 5.82 Å². The molecule has 3 heterocycles. The number of anilines is 1. The molecule has 10 nitrogen and oxygen atoms in total. The first-order valence-corrected chi connectivity index (χ1v) is 9.29. The Labute approximate surface area is 171 Å². The molecule has 0 radical (unpaired) electrons. The van der Waals surface area contributed by atoms with Gasteiger partial charge in [0.05, 0.1) is 12.4 Å². The highest BCUT2D eigenvalue weighted by Crippen LogP contribution is 2.33. The number of carbonyl (C=O) groups excluding carboxylic acids is 1. The maximum Gasteiger partial charge on any atom is 0.248 e. The molecule has 0 unspecified atom stereocenters. The van der Waals surface area contributed by atoms with Crippen molar-refractivity contribution in [2.75, 3.05) is 5.73 Å². The first-order valence-electron chi connectivity index (χ1n) is 9.29. The number of primary amides is 1. The van der Waals surface area contributed by atoms with Gasteiger partial charge in [0.25, 0.3) is 0 Å². The second-order valence-corrected chi connectivity index (χ2v) is 6.91. The van der Waals surface area contributed by atoms with Gasteiger partial charge in [0, 0.05) is 17.5 Å². The number of nitrogens with two attached hydrogens (primary N) is 2. The summed E-state index contributed by atoms with van der Waals surface area (Å²) in [6.07, 6.45) is -0.159. The smallest absolute Gasteiger partial charge is 0.248 e. The fourth-order valence-electron chi connectivity index (χ4n) is 3.38. The van der Waals surface area contributed by atoms with E-state index in [1.807, 2.05) is 0 Å². The van der Waals surface area contributed by atoms with Crippen LogP contribution in [0.25, 0.3) is 11.2 Å². The van der Waals surface area contributed by atoms with Crippen LogP contribution in [0.5, 0.6) is 0 Å². The average Bonchev–Trinajstić information content (AvgIpc) is 3.28. The van der Waals surface area contributed by atoms with Gasteiger partial charge >= 0.3 is 0 Å². The molecular weight excluding hydrogens is 388 g/mol.